The number of carboxylic acid groups (broad SMARTS) is 1. The molecule has 0 saturated heterocycles. The number of halogens is 1. The van der Waals surface area contributed by atoms with Crippen LogP contribution < -0.4 is 10.1 Å². The summed E-state index contributed by atoms with van der Waals surface area (Å²) in [6, 6.07) is 7.75. The molecule has 0 bridgehead atoms. The Morgan fingerprint density at radius 3 is 2.71 bits per heavy atom. The standard InChI is InChI=1S/C16H24ClNO3/c1-12(16(19)20)6-5-7-13(2)18-10-11-21-15-9-4-3-8-14(15)17/h3-4,8-9,12-13,18H,5-7,10-11H2,1-2H3,(H,19,20). The number of carboxylic acids is 1. The number of nitrogens with one attached hydrogen (secondary N) is 1. The Hall–Kier alpha value is -1.26. The van der Waals surface area contributed by atoms with Crippen LogP contribution in [-0.4, -0.2) is 30.3 Å². The second kappa shape index (κ2) is 9.64. The van der Waals surface area contributed by atoms with Gasteiger partial charge in [-0.05, 0) is 31.9 Å². The highest BCUT2D eigenvalue weighted by Gasteiger charge is 2.11. The zero-order chi connectivity index (χ0) is 15.7. The van der Waals surface area contributed by atoms with Crippen molar-refractivity contribution >= 4 is 17.6 Å². The minimum atomic E-state index is -0.719. The molecule has 118 valence electrons. The van der Waals surface area contributed by atoms with Crippen LogP contribution in [0.15, 0.2) is 24.3 Å². The van der Waals surface area contributed by atoms with Crippen LogP contribution in [0.5, 0.6) is 5.75 Å². The molecule has 0 radical (unpaired) electrons. The monoisotopic (exact) mass is 313 g/mol. The summed E-state index contributed by atoms with van der Waals surface area (Å²) < 4.78 is 5.59. The molecule has 1 aromatic rings. The second-order valence-electron chi connectivity index (χ2n) is 5.30. The summed E-state index contributed by atoms with van der Waals surface area (Å²) in [7, 11) is 0. The van der Waals surface area contributed by atoms with Gasteiger partial charge < -0.3 is 15.2 Å². The van der Waals surface area contributed by atoms with Gasteiger partial charge in [-0.2, -0.15) is 0 Å². The van der Waals surface area contributed by atoms with Gasteiger partial charge in [0.2, 0.25) is 0 Å². The number of ether oxygens (including phenoxy) is 1. The molecule has 0 aliphatic rings. The van der Waals surface area contributed by atoms with Gasteiger partial charge in [0, 0.05) is 12.6 Å². The molecule has 0 aromatic heterocycles. The summed E-state index contributed by atoms with van der Waals surface area (Å²) in [5.74, 6) is -0.284. The van der Waals surface area contributed by atoms with Crippen molar-refractivity contribution in [3.05, 3.63) is 29.3 Å². The van der Waals surface area contributed by atoms with Crippen LogP contribution in [0.2, 0.25) is 5.02 Å². The minimum Gasteiger partial charge on any atom is -0.491 e. The van der Waals surface area contributed by atoms with Crippen LogP contribution in [0.4, 0.5) is 0 Å². The molecule has 2 unspecified atom stereocenters. The summed E-state index contributed by atoms with van der Waals surface area (Å²) in [6.07, 6.45) is 2.59. The van der Waals surface area contributed by atoms with Crippen molar-refractivity contribution in [2.75, 3.05) is 13.2 Å². The average Bonchev–Trinajstić information content (AvgIpc) is 2.45. The number of carbonyl (C=O) groups is 1. The molecular formula is C16H24ClNO3. The summed E-state index contributed by atoms with van der Waals surface area (Å²) in [5.41, 5.74) is 0. The van der Waals surface area contributed by atoms with Crippen molar-refractivity contribution in [1.29, 1.82) is 0 Å². The van der Waals surface area contributed by atoms with Crippen LogP contribution in [0.3, 0.4) is 0 Å². The SMILES string of the molecule is CC(CCCC(C)C(=O)O)NCCOc1ccccc1Cl. The van der Waals surface area contributed by atoms with E-state index in [9.17, 15) is 4.79 Å². The fourth-order valence-electron chi connectivity index (χ4n) is 1.98. The van der Waals surface area contributed by atoms with Crippen molar-refractivity contribution in [3.63, 3.8) is 0 Å². The van der Waals surface area contributed by atoms with Gasteiger partial charge in [-0.3, -0.25) is 4.79 Å². The Balaban J connectivity index is 2.10. The Morgan fingerprint density at radius 2 is 2.05 bits per heavy atom. The van der Waals surface area contributed by atoms with E-state index in [4.69, 9.17) is 21.4 Å². The van der Waals surface area contributed by atoms with Crippen LogP contribution in [-0.2, 0) is 4.79 Å². The maximum Gasteiger partial charge on any atom is 0.306 e. The molecule has 0 heterocycles. The molecule has 1 rings (SSSR count). The molecule has 1 aromatic carbocycles. The van der Waals surface area contributed by atoms with E-state index in [1.54, 1.807) is 13.0 Å². The maximum absolute atomic E-state index is 10.7. The molecule has 5 heteroatoms. The summed E-state index contributed by atoms with van der Waals surface area (Å²) in [4.78, 5) is 10.7. The molecule has 0 saturated carbocycles. The lowest BCUT2D eigenvalue weighted by Gasteiger charge is -2.15. The Labute approximate surface area is 131 Å². The van der Waals surface area contributed by atoms with E-state index < -0.39 is 5.97 Å². The Kier molecular flexibility index (Phi) is 8.16. The molecule has 0 fully saturated rings. The number of para-hydroxylation sites is 1. The smallest absolute Gasteiger partial charge is 0.306 e. The molecule has 21 heavy (non-hydrogen) atoms. The molecule has 2 atom stereocenters. The predicted octanol–water partition coefficient (Wildman–Crippen LogP) is 3.59. The zero-order valence-corrected chi connectivity index (χ0v) is 13.4. The molecule has 4 nitrogen and oxygen atoms in total. The van der Waals surface area contributed by atoms with Gasteiger partial charge in [-0.15, -0.1) is 0 Å². The van der Waals surface area contributed by atoms with Gasteiger partial charge in [0.05, 0.1) is 10.9 Å². The van der Waals surface area contributed by atoms with Crippen molar-refractivity contribution in [1.82, 2.24) is 5.32 Å². The molecule has 0 amide bonds. The lowest BCUT2D eigenvalue weighted by Crippen LogP contribution is -2.30. The predicted molar refractivity (Wildman–Crippen MR) is 85.1 cm³/mol. The molecule has 0 spiro atoms. The quantitative estimate of drug-likeness (QED) is 0.648. The third-order valence-corrected chi connectivity index (χ3v) is 3.70. The molecule has 2 N–H and O–H groups in total. The van der Waals surface area contributed by atoms with E-state index in [0.717, 1.165) is 25.8 Å². The second-order valence-corrected chi connectivity index (χ2v) is 5.71. The minimum absolute atomic E-state index is 0.263. The zero-order valence-electron chi connectivity index (χ0n) is 12.6. The van der Waals surface area contributed by atoms with E-state index in [-0.39, 0.29) is 5.92 Å². The van der Waals surface area contributed by atoms with E-state index >= 15 is 0 Å². The third kappa shape index (κ3) is 7.34. The summed E-state index contributed by atoms with van der Waals surface area (Å²) in [6.45, 7) is 5.14. The summed E-state index contributed by atoms with van der Waals surface area (Å²) >= 11 is 6.00. The number of benzene rings is 1. The fourth-order valence-corrected chi connectivity index (χ4v) is 2.17. The Morgan fingerprint density at radius 1 is 1.33 bits per heavy atom. The van der Waals surface area contributed by atoms with Crippen molar-refractivity contribution in [2.45, 2.75) is 39.2 Å². The Bertz CT molecular complexity index is 439. The number of aliphatic carboxylic acids is 1. The van der Waals surface area contributed by atoms with E-state index in [1.165, 1.54) is 0 Å². The molecule has 0 aliphatic heterocycles. The largest absolute Gasteiger partial charge is 0.491 e. The highest BCUT2D eigenvalue weighted by atomic mass is 35.5. The van der Waals surface area contributed by atoms with Gasteiger partial charge in [0.1, 0.15) is 12.4 Å². The van der Waals surface area contributed by atoms with Crippen molar-refractivity contribution in [3.8, 4) is 5.75 Å². The van der Waals surface area contributed by atoms with Crippen molar-refractivity contribution < 1.29 is 14.6 Å². The topological polar surface area (TPSA) is 58.6 Å². The van der Waals surface area contributed by atoms with Crippen LogP contribution in [0.25, 0.3) is 0 Å². The van der Waals surface area contributed by atoms with Gasteiger partial charge in [-0.25, -0.2) is 0 Å². The van der Waals surface area contributed by atoms with Gasteiger partial charge >= 0.3 is 5.97 Å². The normalized spacial score (nSPS) is 13.7. The van der Waals surface area contributed by atoms with E-state index in [2.05, 4.69) is 12.2 Å². The van der Waals surface area contributed by atoms with Crippen LogP contribution >= 0.6 is 11.6 Å². The number of hydrogen-bond donors (Lipinski definition) is 2. The number of hydrogen-bond acceptors (Lipinski definition) is 3. The first kappa shape index (κ1) is 17.8. The molecular weight excluding hydrogens is 290 g/mol. The van der Waals surface area contributed by atoms with Crippen LogP contribution in [0, 0.1) is 5.92 Å². The van der Waals surface area contributed by atoms with Gasteiger partial charge in [0.25, 0.3) is 0 Å². The first-order chi connectivity index (χ1) is 10.0. The molecule has 0 aliphatic carbocycles. The first-order valence-corrected chi connectivity index (χ1v) is 7.72. The average molecular weight is 314 g/mol. The summed E-state index contributed by atoms with van der Waals surface area (Å²) in [5, 5.41) is 12.8. The third-order valence-electron chi connectivity index (χ3n) is 3.38. The van der Waals surface area contributed by atoms with Gasteiger partial charge in [0.15, 0.2) is 0 Å². The van der Waals surface area contributed by atoms with E-state index in [0.29, 0.717) is 23.4 Å². The number of rotatable bonds is 10. The lowest BCUT2D eigenvalue weighted by molar-refractivity contribution is -0.141. The van der Waals surface area contributed by atoms with Gasteiger partial charge in [-0.1, -0.05) is 37.1 Å². The highest BCUT2D eigenvalue weighted by Crippen LogP contribution is 2.22. The first-order valence-electron chi connectivity index (χ1n) is 7.34. The lowest BCUT2D eigenvalue weighted by atomic mass is 10.0. The highest BCUT2D eigenvalue weighted by molar-refractivity contribution is 6.32. The maximum atomic E-state index is 10.7. The van der Waals surface area contributed by atoms with Crippen molar-refractivity contribution in [2.24, 2.45) is 5.92 Å². The van der Waals surface area contributed by atoms with E-state index in [1.807, 2.05) is 18.2 Å². The fraction of sp³-hybridized carbons (Fsp3) is 0.562. The van der Waals surface area contributed by atoms with Crippen LogP contribution in [0.1, 0.15) is 33.1 Å².